The molecule has 1 saturated carbocycles. The Morgan fingerprint density at radius 1 is 1.43 bits per heavy atom. The molecule has 4 nitrogen and oxygen atoms in total. The standard InChI is InChI=1S/C16H24FN3O/c1-3-8-18-14-13(9-12(17)10-19-14)15(21)20-11-16(2)6-4-5-7-16/h9-10H,3-8,11H2,1-2H3,(H,18,19)(H,20,21). The molecule has 0 unspecified atom stereocenters. The highest BCUT2D eigenvalue weighted by atomic mass is 19.1. The van der Waals surface area contributed by atoms with Gasteiger partial charge in [0.05, 0.1) is 11.8 Å². The van der Waals surface area contributed by atoms with Crippen LogP contribution in [-0.2, 0) is 0 Å². The van der Waals surface area contributed by atoms with Crippen LogP contribution in [0.2, 0.25) is 0 Å². The van der Waals surface area contributed by atoms with Gasteiger partial charge in [-0.3, -0.25) is 4.79 Å². The number of aromatic nitrogens is 1. The lowest BCUT2D eigenvalue weighted by molar-refractivity contribution is 0.0934. The van der Waals surface area contributed by atoms with E-state index < -0.39 is 5.82 Å². The number of carbonyl (C=O) groups is 1. The maximum atomic E-state index is 13.4. The van der Waals surface area contributed by atoms with Crippen molar-refractivity contribution in [2.45, 2.75) is 46.0 Å². The lowest BCUT2D eigenvalue weighted by Gasteiger charge is -2.24. The molecule has 0 aliphatic heterocycles. The Morgan fingerprint density at radius 2 is 2.14 bits per heavy atom. The van der Waals surface area contributed by atoms with Crippen LogP contribution in [0.1, 0.15) is 56.3 Å². The van der Waals surface area contributed by atoms with Gasteiger partial charge in [0.2, 0.25) is 0 Å². The van der Waals surface area contributed by atoms with Gasteiger partial charge < -0.3 is 10.6 Å². The number of hydrogen-bond donors (Lipinski definition) is 2. The summed E-state index contributed by atoms with van der Waals surface area (Å²) >= 11 is 0. The van der Waals surface area contributed by atoms with Gasteiger partial charge in [-0.2, -0.15) is 0 Å². The molecule has 1 aliphatic carbocycles. The highest BCUT2D eigenvalue weighted by molar-refractivity contribution is 5.98. The van der Waals surface area contributed by atoms with Gasteiger partial charge >= 0.3 is 0 Å². The first-order chi connectivity index (χ1) is 10.0. The minimum absolute atomic E-state index is 0.174. The fourth-order valence-corrected chi connectivity index (χ4v) is 2.79. The van der Waals surface area contributed by atoms with Gasteiger partial charge in [-0.25, -0.2) is 9.37 Å². The number of rotatable bonds is 6. The second-order valence-electron chi connectivity index (χ2n) is 6.18. The molecule has 2 N–H and O–H groups in total. The van der Waals surface area contributed by atoms with Crippen LogP contribution < -0.4 is 10.6 Å². The zero-order valence-electron chi connectivity index (χ0n) is 12.8. The van der Waals surface area contributed by atoms with E-state index in [9.17, 15) is 9.18 Å². The number of carbonyl (C=O) groups excluding carboxylic acids is 1. The van der Waals surface area contributed by atoms with E-state index in [0.717, 1.165) is 25.5 Å². The van der Waals surface area contributed by atoms with E-state index in [-0.39, 0.29) is 16.9 Å². The van der Waals surface area contributed by atoms with E-state index in [2.05, 4.69) is 22.5 Å². The number of hydrogen-bond acceptors (Lipinski definition) is 3. The fourth-order valence-electron chi connectivity index (χ4n) is 2.79. The molecule has 1 fully saturated rings. The summed E-state index contributed by atoms with van der Waals surface area (Å²) in [7, 11) is 0. The predicted molar refractivity (Wildman–Crippen MR) is 81.9 cm³/mol. The van der Waals surface area contributed by atoms with Crippen molar-refractivity contribution in [3.05, 3.63) is 23.6 Å². The Balaban J connectivity index is 2.04. The van der Waals surface area contributed by atoms with Crippen molar-refractivity contribution in [2.24, 2.45) is 5.41 Å². The van der Waals surface area contributed by atoms with Crippen molar-refractivity contribution in [3.63, 3.8) is 0 Å². The Morgan fingerprint density at radius 3 is 2.81 bits per heavy atom. The molecule has 1 aromatic rings. The van der Waals surface area contributed by atoms with E-state index in [1.807, 2.05) is 6.92 Å². The molecular weight excluding hydrogens is 269 g/mol. The van der Waals surface area contributed by atoms with E-state index in [4.69, 9.17) is 0 Å². The third-order valence-electron chi connectivity index (χ3n) is 4.13. The van der Waals surface area contributed by atoms with Crippen molar-refractivity contribution in [2.75, 3.05) is 18.4 Å². The smallest absolute Gasteiger partial charge is 0.255 e. The van der Waals surface area contributed by atoms with Crippen LogP contribution in [0.4, 0.5) is 10.2 Å². The zero-order valence-corrected chi connectivity index (χ0v) is 12.8. The maximum absolute atomic E-state index is 13.4. The molecule has 0 saturated heterocycles. The summed E-state index contributed by atoms with van der Waals surface area (Å²) in [5, 5.41) is 6.01. The molecule has 2 rings (SSSR count). The molecule has 1 aliphatic rings. The lowest BCUT2D eigenvalue weighted by Crippen LogP contribution is -2.34. The normalized spacial score (nSPS) is 16.7. The Labute approximate surface area is 125 Å². The summed E-state index contributed by atoms with van der Waals surface area (Å²) in [4.78, 5) is 16.3. The Bertz CT molecular complexity index is 498. The highest BCUT2D eigenvalue weighted by Gasteiger charge is 2.29. The van der Waals surface area contributed by atoms with Crippen molar-refractivity contribution in [1.82, 2.24) is 10.3 Å². The average Bonchev–Trinajstić information content (AvgIpc) is 2.91. The summed E-state index contributed by atoms with van der Waals surface area (Å²) in [6.07, 6.45) is 6.75. The Kier molecular flexibility index (Phi) is 5.15. The van der Waals surface area contributed by atoms with Gasteiger partial charge in [-0.1, -0.05) is 26.7 Å². The van der Waals surface area contributed by atoms with E-state index >= 15 is 0 Å². The van der Waals surface area contributed by atoms with Gasteiger partial charge in [-0.15, -0.1) is 0 Å². The minimum atomic E-state index is -0.491. The van der Waals surface area contributed by atoms with Crippen LogP contribution in [0.15, 0.2) is 12.3 Å². The molecule has 5 heteroatoms. The van der Waals surface area contributed by atoms with Gasteiger partial charge in [0, 0.05) is 13.1 Å². The van der Waals surface area contributed by atoms with Crippen LogP contribution in [0.5, 0.6) is 0 Å². The predicted octanol–water partition coefficient (Wildman–Crippen LogP) is 3.35. The molecule has 1 amide bonds. The number of amides is 1. The molecule has 0 spiro atoms. The molecule has 0 bridgehead atoms. The van der Waals surface area contributed by atoms with Crippen molar-refractivity contribution in [1.29, 1.82) is 0 Å². The molecule has 0 radical (unpaired) electrons. The molecule has 0 aromatic carbocycles. The zero-order chi connectivity index (χ0) is 15.3. The molecule has 1 heterocycles. The number of halogens is 1. The SMILES string of the molecule is CCCNc1ncc(F)cc1C(=O)NCC1(C)CCCC1. The topological polar surface area (TPSA) is 54.0 Å². The number of nitrogens with one attached hydrogen (secondary N) is 2. The maximum Gasteiger partial charge on any atom is 0.255 e. The van der Waals surface area contributed by atoms with Gasteiger partial charge in [-0.05, 0) is 30.7 Å². The molecule has 1 aromatic heterocycles. The van der Waals surface area contributed by atoms with Crippen LogP contribution >= 0.6 is 0 Å². The second-order valence-corrected chi connectivity index (χ2v) is 6.18. The first-order valence-corrected chi connectivity index (χ1v) is 7.72. The van der Waals surface area contributed by atoms with Crippen molar-refractivity contribution < 1.29 is 9.18 Å². The van der Waals surface area contributed by atoms with Crippen molar-refractivity contribution >= 4 is 11.7 Å². The second kappa shape index (κ2) is 6.87. The number of anilines is 1. The van der Waals surface area contributed by atoms with Crippen LogP contribution in [0.25, 0.3) is 0 Å². The quantitative estimate of drug-likeness (QED) is 0.845. The summed E-state index contributed by atoms with van der Waals surface area (Å²) in [6.45, 7) is 5.56. The molecular formula is C16H24FN3O. The van der Waals surface area contributed by atoms with Crippen LogP contribution in [0.3, 0.4) is 0 Å². The lowest BCUT2D eigenvalue weighted by atomic mass is 9.89. The molecule has 21 heavy (non-hydrogen) atoms. The monoisotopic (exact) mass is 293 g/mol. The van der Waals surface area contributed by atoms with Gasteiger partial charge in [0.1, 0.15) is 11.6 Å². The Hall–Kier alpha value is -1.65. The number of pyridine rings is 1. The first-order valence-electron chi connectivity index (χ1n) is 7.72. The van der Waals surface area contributed by atoms with E-state index in [1.54, 1.807) is 0 Å². The molecule has 0 atom stereocenters. The van der Waals surface area contributed by atoms with Crippen molar-refractivity contribution in [3.8, 4) is 0 Å². The van der Waals surface area contributed by atoms with Crippen LogP contribution in [0, 0.1) is 11.2 Å². The fraction of sp³-hybridized carbons (Fsp3) is 0.625. The summed E-state index contributed by atoms with van der Waals surface area (Å²) in [5.74, 6) is -0.296. The third kappa shape index (κ3) is 4.16. The molecule has 116 valence electrons. The van der Waals surface area contributed by atoms with Crippen LogP contribution in [-0.4, -0.2) is 24.0 Å². The number of nitrogens with zero attached hydrogens (tertiary/aromatic N) is 1. The third-order valence-corrected chi connectivity index (χ3v) is 4.13. The van der Waals surface area contributed by atoms with Gasteiger partial charge in [0.25, 0.3) is 5.91 Å². The average molecular weight is 293 g/mol. The van der Waals surface area contributed by atoms with Gasteiger partial charge in [0.15, 0.2) is 0 Å². The minimum Gasteiger partial charge on any atom is -0.369 e. The largest absolute Gasteiger partial charge is 0.369 e. The highest BCUT2D eigenvalue weighted by Crippen LogP contribution is 2.36. The first kappa shape index (κ1) is 15.7. The van der Waals surface area contributed by atoms with E-state index in [0.29, 0.717) is 18.9 Å². The van der Waals surface area contributed by atoms with E-state index in [1.165, 1.54) is 18.9 Å². The summed E-state index contributed by atoms with van der Waals surface area (Å²) in [5.41, 5.74) is 0.456. The summed E-state index contributed by atoms with van der Waals surface area (Å²) < 4.78 is 13.4. The summed E-state index contributed by atoms with van der Waals surface area (Å²) in [6, 6.07) is 1.25.